The van der Waals surface area contributed by atoms with Gasteiger partial charge in [0.25, 0.3) is 0 Å². The molecule has 0 heterocycles. The molecule has 0 rings (SSSR count). The lowest BCUT2D eigenvalue weighted by Crippen LogP contribution is -2.30. The molecule has 12 heteroatoms. The van der Waals surface area contributed by atoms with E-state index in [1.165, 1.54) is 25.7 Å². The van der Waals surface area contributed by atoms with Gasteiger partial charge in [0.05, 0.1) is 32.7 Å². The van der Waals surface area contributed by atoms with E-state index in [4.69, 9.17) is 23.3 Å². The van der Waals surface area contributed by atoms with E-state index >= 15 is 0 Å². The van der Waals surface area contributed by atoms with Gasteiger partial charge in [-0.3, -0.25) is 23.4 Å². The van der Waals surface area contributed by atoms with Gasteiger partial charge < -0.3 is 24.2 Å². The van der Waals surface area contributed by atoms with E-state index in [1.807, 2.05) is 30.4 Å². The number of rotatable bonds is 50. The highest BCUT2D eigenvalue weighted by Gasteiger charge is 2.28. The topological polar surface area (TPSA) is 155 Å². The molecule has 0 aliphatic carbocycles. The minimum Gasteiger partial charge on any atom is -0.461 e. The summed E-state index contributed by atoms with van der Waals surface area (Å²) in [6, 6.07) is 0. The maximum atomic E-state index is 12.9. The Morgan fingerprint density at radius 1 is 0.395 bits per heavy atom. The van der Waals surface area contributed by atoms with Gasteiger partial charge in [0.15, 0.2) is 6.10 Å². The molecule has 0 fully saturated rings. The molecule has 0 aliphatic heterocycles. The third kappa shape index (κ3) is 53.9. The SMILES string of the molecule is CC/C=C\C/C=C\C/C=C\C/C=C\C/C=C\CC(=O)OCC(COP(=O)(O)OCC(CO)OC(=O)C/C=C\C/C=C\C/C=C\C/C=C\C/C=C\CC)OC(=O)CCCCCCCC/C=C\C/C=C\C/C=C\CCCCC. The summed E-state index contributed by atoms with van der Waals surface area (Å²) in [6.45, 7) is 4.12. The van der Waals surface area contributed by atoms with Crippen LogP contribution in [0, 0.1) is 0 Å². The molecular formula is C64H99O11P. The molecule has 0 aliphatic rings. The molecule has 0 aromatic rings. The standard InChI is InChI=1S/C64H99O11P/c1-4-7-10-13-16-19-22-25-28-29-30-31-34-37-40-43-46-49-52-55-64(68)75-61(57-71-62(66)53-50-47-44-41-38-35-32-26-23-20-17-14-11-8-5-2)59-73-76(69,70)72-58-60(56-65)74-63(67)54-51-48-45-42-39-36-33-27-24-21-18-15-12-9-6-3/h8-9,11-12,16-21,25-28,30-33,38-39,41-42,47-48,50-51,60-61,65H,4-7,10,13-15,22-24,29,34-37,40,43-46,49,52-59H2,1-3H3,(H,69,70)/b11-8-,12-9-,19-16-,20-17-,21-18-,28-25-,31-30-,32-26-,33-27-,41-38-,42-39-,50-47-,51-48-. The highest BCUT2D eigenvalue weighted by Crippen LogP contribution is 2.43. The Bertz CT molecular complexity index is 1880. The number of esters is 3. The number of carbonyl (C=O) groups is 3. The first-order chi connectivity index (χ1) is 37.2. The Balaban J connectivity index is 4.96. The average Bonchev–Trinajstić information content (AvgIpc) is 3.41. The second kappa shape index (κ2) is 56.3. The lowest BCUT2D eigenvalue weighted by atomic mass is 10.1. The fourth-order valence-corrected chi connectivity index (χ4v) is 7.53. The van der Waals surface area contributed by atoms with Crippen LogP contribution < -0.4 is 0 Å². The number of hydrogen-bond donors (Lipinski definition) is 2. The Morgan fingerprint density at radius 2 is 0.737 bits per heavy atom. The fourth-order valence-electron chi connectivity index (χ4n) is 6.74. The van der Waals surface area contributed by atoms with E-state index in [1.54, 1.807) is 12.2 Å². The number of aliphatic hydroxyl groups is 1. The van der Waals surface area contributed by atoms with Gasteiger partial charge in [-0.1, -0.05) is 217 Å². The maximum absolute atomic E-state index is 12.9. The molecule has 0 saturated heterocycles. The largest absolute Gasteiger partial charge is 0.472 e. The van der Waals surface area contributed by atoms with Gasteiger partial charge in [0.1, 0.15) is 12.7 Å². The molecular weight excluding hydrogens is 976 g/mol. The van der Waals surface area contributed by atoms with Crippen molar-refractivity contribution >= 4 is 25.7 Å². The first-order valence-corrected chi connectivity index (χ1v) is 29.9. The molecule has 0 amide bonds. The summed E-state index contributed by atoms with van der Waals surface area (Å²) in [4.78, 5) is 48.4. The van der Waals surface area contributed by atoms with Crippen LogP contribution in [0.2, 0.25) is 0 Å². The summed E-state index contributed by atoms with van der Waals surface area (Å²) < 4.78 is 39.2. The zero-order chi connectivity index (χ0) is 55.5. The monoisotopic (exact) mass is 1070 g/mol. The van der Waals surface area contributed by atoms with Crippen molar-refractivity contribution in [3.63, 3.8) is 0 Å². The van der Waals surface area contributed by atoms with E-state index in [9.17, 15) is 28.9 Å². The molecule has 0 saturated carbocycles. The predicted molar refractivity (Wildman–Crippen MR) is 315 cm³/mol. The number of carbonyl (C=O) groups excluding carboxylic acids is 3. The number of aliphatic hydroxyl groups excluding tert-OH is 1. The lowest BCUT2D eigenvalue weighted by molar-refractivity contribution is -0.161. The molecule has 2 N–H and O–H groups in total. The van der Waals surface area contributed by atoms with Crippen molar-refractivity contribution in [3.05, 3.63) is 158 Å². The molecule has 0 radical (unpaired) electrons. The van der Waals surface area contributed by atoms with Crippen molar-refractivity contribution in [2.45, 2.75) is 200 Å². The minimum atomic E-state index is -4.81. The molecule has 0 aromatic carbocycles. The van der Waals surface area contributed by atoms with Gasteiger partial charge >= 0.3 is 25.7 Å². The Hall–Kier alpha value is -4.90. The Labute approximate surface area is 460 Å². The molecule has 3 unspecified atom stereocenters. The van der Waals surface area contributed by atoms with E-state index in [0.717, 1.165) is 103 Å². The first kappa shape index (κ1) is 71.1. The van der Waals surface area contributed by atoms with Crippen molar-refractivity contribution in [2.75, 3.05) is 26.4 Å². The molecule has 3 atom stereocenters. The summed E-state index contributed by atoms with van der Waals surface area (Å²) in [5.74, 6) is -1.79. The minimum absolute atomic E-state index is 0.0238. The van der Waals surface area contributed by atoms with Crippen molar-refractivity contribution in [1.82, 2.24) is 0 Å². The van der Waals surface area contributed by atoms with Crippen molar-refractivity contribution in [3.8, 4) is 0 Å². The number of phosphoric acid groups is 1. The van der Waals surface area contributed by atoms with Gasteiger partial charge in [0, 0.05) is 6.42 Å². The van der Waals surface area contributed by atoms with E-state index in [2.05, 4.69) is 136 Å². The highest BCUT2D eigenvalue weighted by atomic mass is 31.2. The lowest BCUT2D eigenvalue weighted by Gasteiger charge is -2.21. The van der Waals surface area contributed by atoms with Crippen LogP contribution in [-0.2, 0) is 42.2 Å². The van der Waals surface area contributed by atoms with Crippen molar-refractivity contribution in [2.24, 2.45) is 0 Å². The second-order valence-corrected chi connectivity index (χ2v) is 19.5. The summed E-state index contributed by atoms with van der Waals surface area (Å²) in [5, 5.41) is 9.79. The number of ether oxygens (including phenoxy) is 3. The smallest absolute Gasteiger partial charge is 0.461 e. The molecule has 0 bridgehead atoms. The summed E-state index contributed by atoms with van der Waals surface area (Å²) in [6.07, 6.45) is 74.0. The quantitative estimate of drug-likeness (QED) is 0.0197. The molecule has 11 nitrogen and oxygen atoms in total. The third-order valence-electron chi connectivity index (χ3n) is 11.0. The number of phosphoric ester groups is 1. The average molecular weight is 1080 g/mol. The normalized spacial score (nSPS) is 14.5. The van der Waals surface area contributed by atoms with Crippen molar-refractivity contribution in [1.29, 1.82) is 0 Å². The van der Waals surface area contributed by atoms with E-state index in [0.29, 0.717) is 19.3 Å². The van der Waals surface area contributed by atoms with Crippen LogP contribution in [0.5, 0.6) is 0 Å². The summed E-state index contributed by atoms with van der Waals surface area (Å²) in [7, 11) is -4.81. The molecule has 0 aromatic heterocycles. The van der Waals surface area contributed by atoms with E-state index in [-0.39, 0.29) is 19.3 Å². The van der Waals surface area contributed by atoms with Crippen molar-refractivity contribution < 1.29 is 52.2 Å². The number of unbranched alkanes of at least 4 members (excludes halogenated alkanes) is 9. The molecule has 0 spiro atoms. The maximum Gasteiger partial charge on any atom is 0.472 e. The summed E-state index contributed by atoms with van der Waals surface area (Å²) >= 11 is 0. The van der Waals surface area contributed by atoms with Gasteiger partial charge in [-0.15, -0.1) is 0 Å². The van der Waals surface area contributed by atoms with E-state index < -0.39 is 64.4 Å². The Morgan fingerprint density at radius 3 is 1.16 bits per heavy atom. The summed E-state index contributed by atoms with van der Waals surface area (Å²) in [5.41, 5.74) is 0. The van der Waals surface area contributed by atoms with Crippen LogP contribution in [0.3, 0.4) is 0 Å². The zero-order valence-corrected chi connectivity index (χ0v) is 47.8. The Kier molecular flexibility index (Phi) is 52.7. The van der Waals surface area contributed by atoms with Gasteiger partial charge in [-0.05, 0) is 109 Å². The van der Waals surface area contributed by atoms with Gasteiger partial charge in [0.2, 0.25) is 0 Å². The van der Waals surface area contributed by atoms with Gasteiger partial charge in [-0.2, -0.15) is 0 Å². The fraction of sp³-hybridized carbons (Fsp3) is 0.547. The predicted octanol–water partition coefficient (Wildman–Crippen LogP) is 16.9. The van der Waals surface area contributed by atoms with Crippen LogP contribution in [0.25, 0.3) is 0 Å². The van der Waals surface area contributed by atoms with Crippen LogP contribution in [0.1, 0.15) is 188 Å². The highest BCUT2D eigenvalue weighted by molar-refractivity contribution is 7.47. The van der Waals surface area contributed by atoms with Crippen LogP contribution >= 0.6 is 7.82 Å². The first-order valence-electron chi connectivity index (χ1n) is 28.4. The van der Waals surface area contributed by atoms with Gasteiger partial charge in [-0.25, -0.2) is 4.57 Å². The van der Waals surface area contributed by atoms with Crippen LogP contribution in [0.15, 0.2) is 158 Å². The molecule has 76 heavy (non-hydrogen) atoms. The molecule has 426 valence electrons. The third-order valence-corrected chi connectivity index (χ3v) is 11.9. The second-order valence-electron chi connectivity index (χ2n) is 18.0. The number of hydrogen-bond acceptors (Lipinski definition) is 10. The number of allylic oxidation sites excluding steroid dienone is 24. The van der Waals surface area contributed by atoms with Crippen LogP contribution in [-0.4, -0.2) is 66.5 Å². The zero-order valence-electron chi connectivity index (χ0n) is 46.9. The van der Waals surface area contributed by atoms with Crippen LogP contribution in [0.4, 0.5) is 0 Å².